The van der Waals surface area contributed by atoms with E-state index in [1.165, 1.54) is 0 Å². The van der Waals surface area contributed by atoms with Crippen molar-refractivity contribution in [3.8, 4) is 0 Å². The predicted octanol–water partition coefficient (Wildman–Crippen LogP) is -1.15. The Labute approximate surface area is 104 Å². The first-order valence-electron chi connectivity index (χ1n) is 5.77. The summed E-state index contributed by atoms with van der Waals surface area (Å²) in [5, 5.41) is 11.7. The third-order valence-corrected chi connectivity index (χ3v) is 3.11. The van der Waals surface area contributed by atoms with Gasteiger partial charge in [0.15, 0.2) is 0 Å². The second kappa shape index (κ2) is 5.18. The molecule has 2 rings (SSSR count). The summed E-state index contributed by atoms with van der Waals surface area (Å²) in [6.45, 7) is 0.797. The molecule has 1 saturated heterocycles. The standard InChI is InChI=1S/C11H16N4O3/c1-14-5-3-12-9(14)2-4-15-7-10(16)13-6-8(15)11(17)18/h3,5,8H,2,4,6-7H2,1H3,(H,13,16)(H,17,18). The Hall–Kier alpha value is -1.89. The van der Waals surface area contributed by atoms with Crippen molar-refractivity contribution in [2.24, 2.45) is 7.05 Å². The minimum atomic E-state index is -0.908. The number of piperazine rings is 1. The minimum absolute atomic E-state index is 0.126. The lowest BCUT2D eigenvalue weighted by Gasteiger charge is -2.32. The Morgan fingerprint density at radius 2 is 2.44 bits per heavy atom. The van der Waals surface area contributed by atoms with Crippen LogP contribution in [0.5, 0.6) is 0 Å². The van der Waals surface area contributed by atoms with Gasteiger partial charge in [-0.15, -0.1) is 0 Å². The van der Waals surface area contributed by atoms with Gasteiger partial charge in [0, 0.05) is 39.0 Å². The number of amides is 1. The number of carboxylic acids is 1. The number of nitrogens with one attached hydrogen (secondary N) is 1. The van der Waals surface area contributed by atoms with Gasteiger partial charge in [-0.05, 0) is 0 Å². The summed E-state index contributed by atoms with van der Waals surface area (Å²) in [6.07, 6.45) is 4.17. The lowest BCUT2D eigenvalue weighted by atomic mass is 10.1. The van der Waals surface area contributed by atoms with Crippen molar-refractivity contribution in [1.29, 1.82) is 0 Å². The number of aliphatic carboxylic acids is 1. The van der Waals surface area contributed by atoms with Crippen molar-refractivity contribution in [1.82, 2.24) is 19.8 Å². The van der Waals surface area contributed by atoms with Crippen molar-refractivity contribution >= 4 is 11.9 Å². The Bertz CT molecular complexity index is 457. The minimum Gasteiger partial charge on any atom is -0.480 e. The summed E-state index contributed by atoms with van der Waals surface area (Å²) in [4.78, 5) is 28.2. The van der Waals surface area contributed by atoms with Crippen molar-refractivity contribution in [3.63, 3.8) is 0 Å². The first-order valence-corrected chi connectivity index (χ1v) is 5.77. The molecule has 1 aromatic rings. The van der Waals surface area contributed by atoms with Gasteiger partial charge < -0.3 is 15.0 Å². The molecule has 1 aromatic heterocycles. The van der Waals surface area contributed by atoms with E-state index in [4.69, 9.17) is 5.11 Å². The summed E-state index contributed by atoms with van der Waals surface area (Å²) in [7, 11) is 1.89. The van der Waals surface area contributed by atoms with E-state index >= 15 is 0 Å². The maximum absolute atomic E-state index is 11.3. The number of aryl methyl sites for hydroxylation is 1. The fraction of sp³-hybridized carbons (Fsp3) is 0.545. The highest BCUT2D eigenvalue weighted by Crippen LogP contribution is 2.06. The molecule has 2 heterocycles. The van der Waals surface area contributed by atoms with Crippen LogP contribution in [-0.4, -0.2) is 57.1 Å². The van der Waals surface area contributed by atoms with Crippen LogP contribution < -0.4 is 5.32 Å². The van der Waals surface area contributed by atoms with E-state index in [1.54, 1.807) is 11.1 Å². The van der Waals surface area contributed by atoms with Crippen LogP contribution in [0.15, 0.2) is 12.4 Å². The molecular formula is C11H16N4O3. The van der Waals surface area contributed by atoms with E-state index in [-0.39, 0.29) is 19.0 Å². The zero-order chi connectivity index (χ0) is 13.1. The zero-order valence-corrected chi connectivity index (χ0v) is 10.2. The number of carbonyl (C=O) groups is 2. The number of imidazole rings is 1. The van der Waals surface area contributed by atoms with Crippen LogP contribution in [-0.2, 0) is 23.1 Å². The van der Waals surface area contributed by atoms with Crippen LogP contribution in [0.25, 0.3) is 0 Å². The molecule has 2 N–H and O–H groups in total. The third kappa shape index (κ3) is 2.67. The topological polar surface area (TPSA) is 87.5 Å². The molecule has 0 bridgehead atoms. The number of carboxylic acid groups (broad SMARTS) is 1. The first kappa shape index (κ1) is 12.6. The molecule has 0 radical (unpaired) electrons. The number of carbonyl (C=O) groups excluding carboxylic acids is 1. The molecule has 0 spiro atoms. The van der Waals surface area contributed by atoms with Gasteiger partial charge in [-0.2, -0.15) is 0 Å². The number of aromatic nitrogens is 2. The van der Waals surface area contributed by atoms with Gasteiger partial charge in [0.25, 0.3) is 0 Å². The lowest BCUT2D eigenvalue weighted by Crippen LogP contribution is -2.57. The van der Waals surface area contributed by atoms with Crippen LogP contribution in [0, 0.1) is 0 Å². The fourth-order valence-corrected chi connectivity index (χ4v) is 2.05. The van der Waals surface area contributed by atoms with E-state index < -0.39 is 12.0 Å². The number of nitrogens with zero attached hydrogens (tertiary/aromatic N) is 3. The largest absolute Gasteiger partial charge is 0.480 e. The van der Waals surface area contributed by atoms with Crippen LogP contribution in [0.1, 0.15) is 5.82 Å². The highest BCUT2D eigenvalue weighted by molar-refractivity contribution is 5.83. The first-order chi connectivity index (χ1) is 8.58. The number of rotatable bonds is 4. The van der Waals surface area contributed by atoms with Crippen molar-refractivity contribution in [2.45, 2.75) is 12.5 Å². The summed E-state index contributed by atoms with van der Waals surface area (Å²) in [5.74, 6) is -0.160. The van der Waals surface area contributed by atoms with Gasteiger partial charge >= 0.3 is 5.97 Å². The number of hydrogen-bond donors (Lipinski definition) is 2. The van der Waals surface area contributed by atoms with Gasteiger partial charge in [0.1, 0.15) is 11.9 Å². The molecule has 1 fully saturated rings. The van der Waals surface area contributed by atoms with Gasteiger partial charge in [0.05, 0.1) is 6.54 Å². The van der Waals surface area contributed by atoms with Crippen LogP contribution in [0.3, 0.4) is 0 Å². The number of hydrogen-bond acceptors (Lipinski definition) is 4. The molecule has 7 heteroatoms. The molecule has 7 nitrogen and oxygen atoms in total. The van der Waals surface area contributed by atoms with Crippen molar-refractivity contribution < 1.29 is 14.7 Å². The highest BCUT2D eigenvalue weighted by atomic mass is 16.4. The Morgan fingerprint density at radius 1 is 1.67 bits per heavy atom. The normalized spacial score (nSPS) is 20.7. The van der Waals surface area contributed by atoms with E-state index in [2.05, 4.69) is 10.3 Å². The molecule has 0 aromatic carbocycles. The fourth-order valence-electron chi connectivity index (χ4n) is 2.05. The maximum atomic E-state index is 11.3. The average molecular weight is 252 g/mol. The van der Waals surface area contributed by atoms with E-state index in [9.17, 15) is 9.59 Å². The molecule has 18 heavy (non-hydrogen) atoms. The van der Waals surface area contributed by atoms with Crippen LogP contribution in [0.4, 0.5) is 0 Å². The summed E-state index contributed by atoms with van der Waals surface area (Å²) >= 11 is 0. The summed E-state index contributed by atoms with van der Waals surface area (Å²) < 4.78 is 1.89. The Morgan fingerprint density at radius 3 is 3.06 bits per heavy atom. The van der Waals surface area contributed by atoms with Crippen LogP contribution >= 0.6 is 0 Å². The smallest absolute Gasteiger partial charge is 0.322 e. The molecule has 1 unspecified atom stereocenters. The molecule has 0 aliphatic carbocycles. The van der Waals surface area contributed by atoms with Crippen molar-refractivity contribution in [3.05, 3.63) is 18.2 Å². The Kier molecular flexibility index (Phi) is 3.61. The molecule has 1 aliphatic rings. The van der Waals surface area contributed by atoms with Crippen LogP contribution in [0.2, 0.25) is 0 Å². The molecule has 1 aliphatic heterocycles. The monoisotopic (exact) mass is 252 g/mol. The third-order valence-electron chi connectivity index (χ3n) is 3.11. The summed E-state index contributed by atoms with van der Waals surface area (Å²) in [5.41, 5.74) is 0. The lowest BCUT2D eigenvalue weighted by molar-refractivity contribution is -0.145. The molecule has 0 saturated carbocycles. The zero-order valence-electron chi connectivity index (χ0n) is 10.2. The molecule has 98 valence electrons. The second-order valence-electron chi connectivity index (χ2n) is 4.33. The van der Waals surface area contributed by atoms with Gasteiger partial charge in [-0.25, -0.2) is 4.98 Å². The van der Waals surface area contributed by atoms with E-state index in [1.807, 2.05) is 17.8 Å². The average Bonchev–Trinajstić information content (AvgIpc) is 2.72. The second-order valence-corrected chi connectivity index (χ2v) is 4.33. The van der Waals surface area contributed by atoms with Crippen molar-refractivity contribution in [2.75, 3.05) is 19.6 Å². The van der Waals surface area contributed by atoms with E-state index in [0.29, 0.717) is 13.0 Å². The SMILES string of the molecule is Cn1ccnc1CCN1CC(=O)NCC1C(=O)O. The molecular weight excluding hydrogens is 236 g/mol. The van der Waals surface area contributed by atoms with Gasteiger partial charge in [-0.1, -0.05) is 0 Å². The van der Waals surface area contributed by atoms with E-state index in [0.717, 1.165) is 5.82 Å². The Balaban J connectivity index is 1.98. The quantitative estimate of drug-likeness (QED) is 0.706. The molecule has 1 atom stereocenters. The predicted molar refractivity (Wildman–Crippen MR) is 62.9 cm³/mol. The maximum Gasteiger partial charge on any atom is 0.322 e. The molecule has 1 amide bonds. The van der Waals surface area contributed by atoms with Gasteiger partial charge in [-0.3, -0.25) is 14.5 Å². The van der Waals surface area contributed by atoms with Gasteiger partial charge in [0.2, 0.25) is 5.91 Å². The highest BCUT2D eigenvalue weighted by Gasteiger charge is 2.31. The summed E-state index contributed by atoms with van der Waals surface area (Å²) in [6, 6.07) is -0.650.